The first kappa shape index (κ1) is 11.3. The molecule has 0 heterocycles. The molecule has 0 aromatic heterocycles. The Morgan fingerprint density at radius 2 is 2.07 bits per heavy atom. The minimum atomic E-state index is -0.277. The molecule has 0 saturated heterocycles. The van der Waals surface area contributed by atoms with E-state index >= 15 is 0 Å². The number of rotatable bonds is 4. The molecule has 0 amide bonds. The van der Waals surface area contributed by atoms with Crippen LogP contribution in [-0.4, -0.2) is 25.1 Å². The Balaban J connectivity index is 2.60. The van der Waals surface area contributed by atoms with Gasteiger partial charge in [-0.15, -0.1) is 0 Å². The van der Waals surface area contributed by atoms with Crippen LogP contribution in [0, 0.1) is 5.92 Å². The van der Waals surface area contributed by atoms with Gasteiger partial charge in [-0.2, -0.15) is 0 Å². The first-order chi connectivity index (χ1) is 6.75. The molecule has 0 aromatic carbocycles. The topological polar surface area (TPSA) is 46.5 Å². The van der Waals surface area contributed by atoms with Gasteiger partial charge in [-0.3, -0.25) is 0 Å². The predicted octanol–water partition coefficient (Wildman–Crippen LogP) is 1.60. The quantitative estimate of drug-likeness (QED) is 0.502. The van der Waals surface area contributed by atoms with E-state index in [2.05, 4.69) is 4.99 Å². The zero-order valence-electron chi connectivity index (χ0n) is 8.61. The molecule has 4 heteroatoms. The summed E-state index contributed by atoms with van der Waals surface area (Å²) >= 11 is 0. The molecule has 0 spiro atoms. The van der Waals surface area contributed by atoms with Crippen LogP contribution in [0.3, 0.4) is 0 Å². The van der Waals surface area contributed by atoms with Gasteiger partial charge in [0.05, 0.1) is 0 Å². The van der Waals surface area contributed by atoms with Gasteiger partial charge in [-0.1, -0.05) is 0 Å². The van der Waals surface area contributed by atoms with Gasteiger partial charge in [-0.25, -0.2) is 0 Å². The van der Waals surface area contributed by atoms with Crippen molar-refractivity contribution in [1.82, 2.24) is 0 Å². The zero-order valence-corrected chi connectivity index (χ0v) is 8.61. The Kier molecular flexibility index (Phi) is 4.70. The van der Waals surface area contributed by atoms with Crippen molar-refractivity contribution in [2.24, 2.45) is 10.9 Å². The van der Waals surface area contributed by atoms with Crippen LogP contribution in [-0.2, 0) is 9.50 Å². The molecule has 0 N–H and O–H groups in total. The Morgan fingerprint density at radius 3 is 2.57 bits per heavy atom. The van der Waals surface area contributed by atoms with E-state index in [1.54, 1.807) is 6.92 Å². The number of carbonyl (C=O) groups excluding carboxylic acids is 1. The molecule has 1 atom stereocenters. The Hall–Kier alpha value is -0.795. The van der Waals surface area contributed by atoms with Gasteiger partial charge in [0.25, 0.3) is 0 Å². The number of Topliss-reactive ketones (excluding diaryl/α,β-unsaturated/α-hetero) is 1. The molecule has 14 heavy (non-hydrogen) atoms. The van der Waals surface area contributed by atoms with Gasteiger partial charge in [0.1, 0.15) is 0 Å². The minimum absolute atomic E-state index is 0.0787. The van der Waals surface area contributed by atoms with Gasteiger partial charge >= 0.3 is 84.5 Å². The van der Waals surface area contributed by atoms with Crippen molar-refractivity contribution in [2.75, 3.05) is 0 Å². The number of hydrogen-bond acceptors (Lipinski definition) is 3. The van der Waals surface area contributed by atoms with Crippen LogP contribution in [0.15, 0.2) is 4.99 Å². The van der Waals surface area contributed by atoms with Crippen molar-refractivity contribution >= 4 is 19.0 Å². The number of aliphatic imine (C=N–C) groups is 1. The van der Waals surface area contributed by atoms with Gasteiger partial charge in [0, 0.05) is 0 Å². The molecule has 0 aliphatic heterocycles. The summed E-state index contributed by atoms with van der Waals surface area (Å²) in [5.74, 6) is 0.437. The first-order valence-electron chi connectivity index (χ1n) is 5.23. The van der Waals surface area contributed by atoms with E-state index in [0.717, 1.165) is 12.8 Å². The summed E-state index contributed by atoms with van der Waals surface area (Å²) in [4.78, 5) is 15.3. The molecule has 0 aromatic rings. The fourth-order valence-corrected chi connectivity index (χ4v) is 2.14. The average Bonchev–Trinajstić information content (AvgIpc) is 2.19. The van der Waals surface area contributed by atoms with Crippen LogP contribution in [0.5, 0.6) is 0 Å². The predicted molar refractivity (Wildman–Crippen MR) is 56.0 cm³/mol. The Bertz CT molecular complexity index is 234. The second-order valence-corrected chi connectivity index (χ2v) is 3.89. The third kappa shape index (κ3) is 3.16. The van der Waals surface area contributed by atoms with Crippen molar-refractivity contribution in [3.05, 3.63) is 0 Å². The van der Waals surface area contributed by atoms with Crippen LogP contribution >= 0.6 is 0 Å². The summed E-state index contributed by atoms with van der Waals surface area (Å²) in [7, 11) is 0.638. The molecule has 1 rings (SSSR count). The van der Waals surface area contributed by atoms with Crippen LogP contribution in [0.2, 0.25) is 0 Å². The van der Waals surface area contributed by atoms with Crippen molar-refractivity contribution in [1.29, 1.82) is 0 Å². The van der Waals surface area contributed by atoms with E-state index in [9.17, 15) is 9.50 Å². The summed E-state index contributed by atoms with van der Waals surface area (Å²) in [5, 5.41) is 0. The van der Waals surface area contributed by atoms with Gasteiger partial charge in [0.2, 0.25) is 0 Å². The summed E-state index contributed by atoms with van der Waals surface area (Å²) in [6, 6.07) is -0.277. The van der Waals surface area contributed by atoms with E-state index in [1.165, 1.54) is 25.4 Å². The zero-order chi connectivity index (χ0) is 10.4. The summed E-state index contributed by atoms with van der Waals surface area (Å²) in [6.07, 6.45) is 6.98. The second-order valence-electron chi connectivity index (χ2n) is 3.89. The molecule has 1 aliphatic rings. The summed E-state index contributed by atoms with van der Waals surface area (Å²) in [6.45, 7) is 1.56. The number of hydrogen-bond donors (Lipinski definition) is 0. The van der Waals surface area contributed by atoms with Crippen LogP contribution in [0.1, 0.15) is 39.0 Å². The summed E-state index contributed by atoms with van der Waals surface area (Å²) in [5.41, 5.74) is 0. The molecule has 3 nitrogen and oxygen atoms in total. The number of nitrogens with zero attached hydrogens (tertiary/aromatic N) is 1. The molecule has 1 fully saturated rings. The van der Waals surface area contributed by atoms with Crippen molar-refractivity contribution in [3.8, 4) is 0 Å². The maximum absolute atomic E-state index is 11.3. The van der Waals surface area contributed by atoms with Crippen molar-refractivity contribution in [2.45, 2.75) is 45.1 Å². The fraction of sp³-hybridized carbons (Fsp3) is 0.800. The monoisotopic (exact) mass is 193 g/mol. The van der Waals surface area contributed by atoms with Crippen LogP contribution < -0.4 is 0 Å². The molecular weight excluding hydrogens is 177 g/mol. The Labute approximate surface area is 85.2 Å². The molecule has 1 unspecified atom stereocenters. The van der Waals surface area contributed by atoms with Gasteiger partial charge in [0.15, 0.2) is 0 Å². The van der Waals surface area contributed by atoms with E-state index in [4.69, 9.17) is 0 Å². The molecule has 0 radical (unpaired) electrons. The SMILES string of the molecule is CC(=O)C(N=CB=O)C1CCCCC1. The molecular formula is C10H16BNO2. The normalized spacial score (nSPS) is 20.6. The average molecular weight is 193 g/mol. The van der Waals surface area contributed by atoms with Crippen molar-refractivity contribution in [3.63, 3.8) is 0 Å². The molecule has 76 valence electrons. The third-order valence-corrected chi connectivity index (χ3v) is 2.82. The standard InChI is InChI=1S/C10H16BNO2/c1-8(13)10(12-7-11-14)9-5-3-2-4-6-9/h7,9-10H,2-6H2,1H3. The van der Waals surface area contributed by atoms with E-state index in [1.807, 2.05) is 0 Å². The maximum atomic E-state index is 11.3. The number of carbonyl (C=O) groups is 1. The van der Waals surface area contributed by atoms with E-state index < -0.39 is 0 Å². The van der Waals surface area contributed by atoms with Crippen molar-refractivity contribution < 1.29 is 9.50 Å². The van der Waals surface area contributed by atoms with Gasteiger partial charge in [-0.05, 0) is 0 Å². The first-order valence-corrected chi connectivity index (χ1v) is 5.23. The third-order valence-electron chi connectivity index (χ3n) is 2.82. The van der Waals surface area contributed by atoms with Gasteiger partial charge < -0.3 is 0 Å². The summed E-state index contributed by atoms with van der Waals surface area (Å²) < 4.78 is 10.2. The molecule has 0 bridgehead atoms. The molecule has 1 saturated carbocycles. The Morgan fingerprint density at radius 1 is 1.43 bits per heavy atom. The van der Waals surface area contributed by atoms with Crippen LogP contribution in [0.25, 0.3) is 0 Å². The second kappa shape index (κ2) is 5.84. The molecule has 1 aliphatic carbocycles. The van der Waals surface area contributed by atoms with E-state index in [-0.39, 0.29) is 11.8 Å². The van der Waals surface area contributed by atoms with Crippen LogP contribution in [0.4, 0.5) is 0 Å². The fourth-order valence-electron chi connectivity index (χ4n) is 2.14. The number of ketones is 1. The van der Waals surface area contributed by atoms with E-state index in [0.29, 0.717) is 13.1 Å².